The van der Waals surface area contributed by atoms with Gasteiger partial charge in [0.15, 0.2) is 0 Å². The Labute approximate surface area is 80.3 Å². The minimum atomic E-state index is 0.316. The number of hydrogen-bond acceptors (Lipinski definition) is 3. The minimum absolute atomic E-state index is 0.316. The molecule has 0 radical (unpaired) electrons. The molecule has 3 nitrogen and oxygen atoms in total. The highest BCUT2D eigenvalue weighted by Crippen LogP contribution is 2.30. The molecule has 0 aromatic rings. The number of likely N-dealkylation sites (tertiary alicyclic amines) is 1. The monoisotopic (exact) mass is 184 g/mol. The molecule has 1 aliphatic carbocycles. The lowest BCUT2D eigenvalue weighted by atomic mass is 10.2. The van der Waals surface area contributed by atoms with Crippen molar-refractivity contribution in [2.45, 2.75) is 31.3 Å². The first-order chi connectivity index (χ1) is 6.31. The molecule has 1 saturated carbocycles. The number of rotatable bonds is 4. The van der Waals surface area contributed by atoms with Crippen molar-refractivity contribution < 1.29 is 5.11 Å². The Bertz CT molecular complexity index is 170. The van der Waals surface area contributed by atoms with E-state index in [1.54, 1.807) is 0 Å². The van der Waals surface area contributed by atoms with Crippen molar-refractivity contribution >= 4 is 0 Å². The first-order valence-corrected chi connectivity index (χ1v) is 5.36. The third kappa shape index (κ3) is 2.22. The van der Waals surface area contributed by atoms with Crippen LogP contribution in [0.4, 0.5) is 0 Å². The maximum absolute atomic E-state index is 8.98. The van der Waals surface area contributed by atoms with Gasteiger partial charge in [-0.15, -0.1) is 0 Å². The quantitative estimate of drug-likeness (QED) is 0.673. The van der Waals surface area contributed by atoms with E-state index in [9.17, 15) is 0 Å². The van der Waals surface area contributed by atoms with E-state index in [1.807, 2.05) is 0 Å². The first-order valence-electron chi connectivity index (χ1n) is 5.36. The zero-order valence-electron chi connectivity index (χ0n) is 8.45. The molecule has 2 fully saturated rings. The van der Waals surface area contributed by atoms with E-state index in [0.29, 0.717) is 12.6 Å². The fraction of sp³-hybridized carbons (Fsp3) is 1.00. The van der Waals surface area contributed by atoms with E-state index < -0.39 is 0 Å². The van der Waals surface area contributed by atoms with Gasteiger partial charge >= 0.3 is 0 Å². The predicted molar refractivity (Wildman–Crippen MR) is 52.7 cm³/mol. The molecule has 0 aromatic heterocycles. The van der Waals surface area contributed by atoms with Crippen LogP contribution in [0.2, 0.25) is 0 Å². The second kappa shape index (κ2) is 3.95. The smallest absolute Gasteiger partial charge is 0.0558 e. The van der Waals surface area contributed by atoms with Crippen molar-refractivity contribution in [3.05, 3.63) is 0 Å². The second-order valence-corrected chi connectivity index (χ2v) is 4.40. The van der Waals surface area contributed by atoms with Gasteiger partial charge in [0, 0.05) is 25.2 Å². The first kappa shape index (κ1) is 9.44. The van der Waals surface area contributed by atoms with Gasteiger partial charge in [0.25, 0.3) is 0 Å². The molecule has 1 heterocycles. The van der Waals surface area contributed by atoms with Crippen LogP contribution in [-0.2, 0) is 0 Å². The summed E-state index contributed by atoms with van der Waals surface area (Å²) in [4.78, 5) is 4.90. The summed E-state index contributed by atoms with van der Waals surface area (Å²) in [6, 6.07) is 1.51. The molecule has 1 unspecified atom stereocenters. The highest BCUT2D eigenvalue weighted by molar-refractivity contribution is 4.92. The van der Waals surface area contributed by atoms with Crippen LogP contribution in [0.15, 0.2) is 0 Å². The molecule has 3 heteroatoms. The van der Waals surface area contributed by atoms with E-state index in [-0.39, 0.29) is 0 Å². The molecule has 1 aliphatic heterocycles. The summed E-state index contributed by atoms with van der Waals surface area (Å²) >= 11 is 0. The third-order valence-corrected chi connectivity index (χ3v) is 3.21. The Morgan fingerprint density at radius 3 is 2.54 bits per heavy atom. The molecule has 0 bridgehead atoms. The van der Waals surface area contributed by atoms with Crippen LogP contribution in [-0.4, -0.2) is 60.3 Å². The van der Waals surface area contributed by atoms with Gasteiger partial charge in [0.05, 0.1) is 6.61 Å². The number of aliphatic hydroxyl groups is 1. The van der Waals surface area contributed by atoms with Gasteiger partial charge in [-0.2, -0.15) is 0 Å². The lowest BCUT2D eigenvalue weighted by Gasteiger charge is -2.27. The summed E-state index contributed by atoms with van der Waals surface area (Å²) in [5, 5.41) is 8.98. The van der Waals surface area contributed by atoms with Crippen LogP contribution < -0.4 is 0 Å². The summed E-state index contributed by atoms with van der Waals surface area (Å²) in [7, 11) is 2.18. The topological polar surface area (TPSA) is 26.7 Å². The van der Waals surface area contributed by atoms with Crippen LogP contribution >= 0.6 is 0 Å². The average molecular weight is 184 g/mol. The molecule has 13 heavy (non-hydrogen) atoms. The van der Waals surface area contributed by atoms with Crippen LogP contribution in [0.25, 0.3) is 0 Å². The van der Waals surface area contributed by atoms with Crippen molar-refractivity contribution in [3.63, 3.8) is 0 Å². The highest BCUT2D eigenvalue weighted by atomic mass is 16.3. The molecular weight excluding hydrogens is 164 g/mol. The second-order valence-electron chi connectivity index (χ2n) is 4.40. The third-order valence-electron chi connectivity index (χ3n) is 3.21. The molecule has 0 spiro atoms. The Morgan fingerprint density at radius 1 is 1.31 bits per heavy atom. The van der Waals surface area contributed by atoms with Crippen LogP contribution in [0.1, 0.15) is 19.3 Å². The van der Waals surface area contributed by atoms with E-state index in [2.05, 4.69) is 16.8 Å². The van der Waals surface area contributed by atoms with Crippen LogP contribution in [0, 0.1) is 0 Å². The molecule has 1 N–H and O–H groups in total. The number of aliphatic hydroxyl groups excluding tert-OH is 1. The normalized spacial score (nSPS) is 30.2. The molecule has 2 rings (SSSR count). The highest BCUT2D eigenvalue weighted by Gasteiger charge is 2.35. The van der Waals surface area contributed by atoms with Gasteiger partial charge in [-0.1, -0.05) is 0 Å². The van der Waals surface area contributed by atoms with E-state index in [1.165, 1.54) is 32.4 Å². The van der Waals surface area contributed by atoms with Gasteiger partial charge in [-0.3, -0.25) is 4.90 Å². The Morgan fingerprint density at radius 2 is 2.08 bits per heavy atom. The van der Waals surface area contributed by atoms with Crippen molar-refractivity contribution in [2.24, 2.45) is 0 Å². The minimum Gasteiger partial charge on any atom is -0.395 e. The van der Waals surface area contributed by atoms with Gasteiger partial charge < -0.3 is 10.0 Å². The number of hydrogen-bond donors (Lipinski definition) is 1. The summed E-state index contributed by atoms with van der Waals surface area (Å²) in [6.07, 6.45) is 3.98. The molecule has 1 atom stereocenters. The zero-order chi connectivity index (χ0) is 9.26. The molecule has 1 saturated heterocycles. The van der Waals surface area contributed by atoms with Gasteiger partial charge in [0.2, 0.25) is 0 Å². The summed E-state index contributed by atoms with van der Waals surface area (Å²) in [5.74, 6) is 0. The van der Waals surface area contributed by atoms with Gasteiger partial charge in [-0.05, 0) is 32.9 Å². The van der Waals surface area contributed by atoms with E-state index in [4.69, 9.17) is 5.11 Å². The Balaban J connectivity index is 1.87. The number of likely N-dealkylation sites (N-methyl/N-ethyl adjacent to an activating group) is 1. The molecule has 0 aromatic carbocycles. The average Bonchev–Trinajstić information content (AvgIpc) is 2.85. The Hall–Kier alpha value is -0.120. The van der Waals surface area contributed by atoms with E-state index in [0.717, 1.165) is 12.6 Å². The van der Waals surface area contributed by atoms with E-state index >= 15 is 0 Å². The van der Waals surface area contributed by atoms with Gasteiger partial charge in [0.1, 0.15) is 0 Å². The van der Waals surface area contributed by atoms with Gasteiger partial charge in [-0.25, -0.2) is 0 Å². The largest absolute Gasteiger partial charge is 0.395 e. The molecular formula is C10H20N2O. The summed E-state index contributed by atoms with van der Waals surface area (Å²) < 4.78 is 0. The molecule has 0 amide bonds. The van der Waals surface area contributed by atoms with Crippen molar-refractivity contribution in [1.82, 2.24) is 9.80 Å². The maximum Gasteiger partial charge on any atom is 0.0558 e. The van der Waals surface area contributed by atoms with Crippen LogP contribution in [0.3, 0.4) is 0 Å². The molecule has 2 aliphatic rings. The molecule has 76 valence electrons. The van der Waals surface area contributed by atoms with Crippen molar-refractivity contribution in [2.75, 3.05) is 33.3 Å². The SMILES string of the molecule is CN1CCC(N(CCO)C2CC2)C1. The lowest BCUT2D eigenvalue weighted by Crippen LogP contribution is -2.40. The Kier molecular flexibility index (Phi) is 2.86. The summed E-state index contributed by atoms with van der Waals surface area (Å²) in [5.41, 5.74) is 0. The van der Waals surface area contributed by atoms with Crippen molar-refractivity contribution in [3.8, 4) is 0 Å². The predicted octanol–water partition coefficient (Wildman–Crippen LogP) is 0.147. The van der Waals surface area contributed by atoms with Crippen LogP contribution in [0.5, 0.6) is 0 Å². The standard InChI is InChI=1S/C10H20N2O/c1-11-5-4-10(8-11)12(6-7-13)9-2-3-9/h9-10,13H,2-8H2,1H3. The fourth-order valence-corrected chi connectivity index (χ4v) is 2.37. The summed E-state index contributed by atoms with van der Waals surface area (Å²) in [6.45, 7) is 3.61. The maximum atomic E-state index is 8.98. The number of nitrogens with zero attached hydrogens (tertiary/aromatic N) is 2. The van der Waals surface area contributed by atoms with Crippen molar-refractivity contribution in [1.29, 1.82) is 0 Å². The lowest BCUT2D eigenvalue weighted by molar-refractivity contribution is 0.144. The zero-order valence-corrected chi connectivity index (χ0v) is 8.45. The fourth-order valence-electron chi connectivity index (χ4n) is 2.37.